The number of rotatable bonds is 3. The molecule has 1 aliphatic carbocycles. The van der Waals surface area contributed by atoms with Crippen LogP contribution in [0.2, 0.25) is 0 Å². The molecule has 1 N–H and O–H groups in total. The fourth-order valence-electron chi connectivity index (χ4n) is 4.20. The van der Waals surface area contributed by atoms with E-state index in [4.69, 9.17) is 4.74 Å². The van der Waals surface area contributed by atoms with Gasteiger partial charge < -0.3 is 10.1 Å². The third kappa shape index (κ3) is 2.35. The van der Waals surface area contributed by atoms with Gasteiger partial charge in [0.2, 0.25) is 0 Å². The van der Waals surface area contributed by atoms with Crippen molar-refractivity contribution in [2.75, 3.05) is 13.7 Å². The van der Waals surface area contributed by atoms with Gasteiger partial charge in [0.25, 0.3) is 0 Å². The van der Waals surface area contributed by atoms with E-state index in [-0.39, 0.29) is 0 Å². The molecular formula is C18H27NO. The Morgan fingerprint density at radius 1 is 1.30 bits per heavy atom. The first-order valence-electron chi connectivity index (χ1n) is 8.05. The minimum atomic E-state index is 0.417. The zero-order chi connectivity index (χ0) is 14.2. The van der Waals surface area contributed by atoms with Gasteiger partial charge in [-0.25, -0.2) is 0 Å². The van der Waals surface area contributed by atoms with Crippen molar-refractivity contribution in [1.82, 2.24) is 5.32 Å². The highest BCUT2D eigenvalue weighted by molar-refractivity contribution is 5.45. The SMILES string of the molecule is CNC(c1cccc2c1OCCC2)C1CCCC1(C)C. The topological polar surface area (TPSA) is 21.3 Å². The van der Waals surface area contributed by atoms with Crippen LogP contribution in [0.15, 0.2) is 18.2 Å². The standard InChI is InChI=1S/C18H27NO/c1-18(2)11-5-10-15(18)16(19-3)14-9-4-7-13-8-6-12-20-17(13)14/h4,7,9,15-16,19H,5-6,8,10-12H2,1-3H3. The predicted octanol–water partition coefficient (Wildman–Crippen LogP) is 4.10. The number of hydrogen-bond donors (Lipinski definition) is 1. The molecule has 2 heteroatoms. The largest absolute Gasteiger partial charge is 0.493 e. The Bertz CT molecular complexity index is 480. The van der Waals surface area contributed by atoms with Crippen LogP contribution in [0.25, 0.3) is 0 Å². The number of aryl methyl sites for hydroxylation is 1. The molecule has 1 fully saturated rings. The molecule has 2 nitrogen and oxygen atoms in total. The van der Waals surface area contributed by atoms with Crippen molar-refractivity contribution in [2.45, 2.75) is 52.0 Å². The van der Waals surface area contributed by atoms with Crippen molar-refractivity contribution >= 4 is 0 Å². The van der Waals surface area contributed by atoms with E-state index in [9.17, 15) is 0 Å². The summed E-state index contributed by atoms with van der Waals surface area (Å²) in [6, 6.07) is 7.11. The van der Waals surface area contributed by atoms with Gasteiger partial charge in [-0.3, -0.25) is 0 Å². The molecule has 1 heterocycles. The third-order valence-corrected chi connectivity index (χ3v) is 5.35. The number of para-hydroxylation sites is 1. The average molecular weight is 273 g/mol. The molecule has 0 saturated heterocycles. The van der Waals surface area contributed by atoms with Crippen molar-refractivity contribution in [3.05, 3.63) is 29.3 Å². The average Bonchev–Trinajstić information content (AvgIpc) is 2.80. The molecule has 3 rings (SSSR count). The van der Waals surface area contributed by atoms with Crippen LogP contribution in [0.1, 0.15) is 56.7 Å². The van der Waals surface area contributed by atoms with Gasteiger partial charge >= 0.3 is 0 Å². The zero-order valence-corrected chi connectivity index (χ0v) is 13.0. The summed E-state index contributed by atoms with van der Waals surface area (Å²) < 4.78 is 6.03. The summed E-state index contributed by atoms with van der Waals surface area (Å²) in [5.41, 5.74) is 3.19. The molecule has 2 atom stereocenters. The zero-order valence-electron chi connectivity index (χ0n) is 13.0. The summed E-state index contributed by atoms with van der Waals surface area (Å²) in [5, 5.41) is 3.59. The van der Waals surface area contributed by atoms with E-state index < -0.39 is 0 Å². The van der Waals surface area contributed by atoms with Crippen molar-refractivity contribution < 1.29 is 4.74 Å². The Morgan fingerprint density at radius 3 is 2.85 bits per heavy atom. The Hall–Kier alpha value is -1.02. The van der Waals surface area contributed by atoms with Gasteiger partial charge in [-0.05, 0) is 49.6 Å². The Labute approximate surface area is 122 Å². The van der Waals surface area contributed by atoms with E-state index in [0.29, 0.717) is 17.4 Å². The van der Waals surface area contributed by atoms with E-state index >= 15 is 0 Å². The lowest BCUT2D eigenvalue weighted by Crippen LogP contribution is -2.32. The maximum Gasteiger partial charge on any atom is 0.127 e. The van der Waals surface area contributed by atoms with Crippen LogP contribution in [0.4, 0.5) is 0 Å². The first-order chi connectivity index (χ1) is 9.63. The normalized spacial score (nSPS) is 25.9. The second-order valence-corrected chi connectivity index (χ2v) is 7.04. The highest BCUT2D eigenvalue weighted by Gasteiger charge is 2.40. The van der Waals surface area contributed by atoms with Crippen molar-refractivity contribution in [2.24, 2.45) is 11.3 Å². The molecule has 1 aliphatic heterocycles. The van der Waals surface area contributed by atoms with Gasteiger partial charge in [-0.1, -0.05) is 38.5 Å². The van der Waals surface area contributed by atoms with E-state index in [2.05, 4.69) is 44.4 Å². The smallest absolute Gasteiger partial charge is 0.127 e. The molecule has 0 spiro atoms. The lowest BCUT2D eigenvalue weighted by Gasteiger charge is -2.36. The van der Waals surface area contributed by atoms with Crippen LogP contribution in [-0.2, 0) is 6.42 Å². The summed E-state index contributed by atoms with van der Waals surface area (Å²) in [6.45, 7) is 5.71. The monoisotopic (exact) mass is 273 g/mol. The molecule has 20 heavy (non-hydrogen) atoms. The summed E-state index contributed by atoms with van der Waals surface area (Å²) in [7, 11) is 2.10. The molecule has 2 unspecified atom stereocenters. The molecular weight excluding hydrogens is 246 g/mol. The molecule has 1 aromatic rings. The quantitative estimate of drug-likeness (QED) is 0.895. The van der Waals surface area contributed by atoms with Gasteiger partial charge in [0.1, 0.15) is 5.75 Å². The van der Waals surface area contributed by atoms with Crippen LogP contribution >= 0.6 is 0 Å². The molecule has 2 aliphatic rings. The highest BCUT2D eigenvalue weighted by atomic mass is 16.5. The van der Waals surface area contributed by atoms with Gasteiger partial charge in [0.05, 0.1) is 6.61 Å². The lowest BCUT2D eigenvalue weighted by atomic mass is 9.75. The minimum Gasteiger partial charge on any atom is -0.493 e. The van der Waals surface area contributed by atoms with Crippen molar-refractivity contribution in [3.8, 4) is 5.75 Å². The van der Waals surface area contributed by atoms with E-state index in [1.807, 2.05) is 0 Å². The van der Waals surface area contributed by atoms with Crippen LogP contribution in [0, 0.1) is 11.3 Å². The fraction of sp³-hybridized carbons (Fsp3) is 0.667. The Kier molecular flexibility index (Phi) is 3.76. The van der Waals surface area contributed by atoms with Crippen LogP contribution in [-0.4, -0.2) is 13.7 Å². The van der Waals surface area contributed by atoms with Gasteiger partial charge in [-0.15, -0.1) is 0 Å². The Balaban J connectivity index is 1.98. The fourth-order valence-corrected chi connectivity index (χ4v) is 4.20. The maximum absolute atomic E-state index is 6.03. The molecule has 0 amide bonds. The molecule has 110 valence electrons. The van der Waals surface area contributed by atoms with Gasteiger partial charge in [0, 0.05) is 11.6 Å². The summed E-state index contributed by atoms with van der Waals surface area (Å²) in [5.74, 6) is 1.87. The number of hydrogen-bond acceptors (Lipinski definition) is 2. The van der Waals surface area contributed by atoms with E-state index in [0.717, 1.165) is 19.4 Å². The number of nitrogens with one attached hydrogen (secondary N) is 1. The summed E-state index contributed by atoms with van der Waals surface area (Å²) >= 11 is 0. The van der Waals surface area contributed by atoms with Crippen molar-refractivity contribution in [1.29, 1.82) is 0 Å². The molecule has 0 radical (unpaired) electrons. The third-order valence-electron chi connectivity index (χ3n) is 5.35. The molecule has 0 bridgehead atoms. The first kappa shape index (κ1) is 13.9. The number of fused-ring (bicyclic) bond motifs is 1. The second kappa shape index (κ2) is 5.40. The maximum atomic E-state index is 6.03. The van der Waals surface area contributed by atoms with E-state index in [1.54, 1.807) is 0 Å². The highest BCUT2D eigenvalue weighted by Crippen LogP contribution is 2.50. The lowest BCUT2D eigenvalue weighted by molar-refractivity contribution is 0.197. The van der Waals surface area contributed by atoms with Crippen molar-refractivity contribution in [3.63, 3.8) is 0 Å². The summed E-state index contributed by atoms with van der Waals surface area (Å²) in [4.78, 5) is 0. The van der Waals surface area contributed by atoms with Crippen LogP contribution < -0.4 is 10.1 Å². The van der Waals surface area contributed by atoms with Gasteiger partial charge in [-0.2, -0.15) is 0 Å². The molecule has 1 aromatic carbocycles. The predicted molar refractivity (Wildman–Crippen MR) is 83.2 cm³/mol. The summed E-state index contributed by atoms with van der Waals surface area (Å²) in [6.07, 6.45) is 6.32. The second-order valence-electron chi connectivity index (χ2n) is 7.04. The van der Waals surface area contributed by atoms with Gasteiger partial charge in [0.15, 0.2) is 0 Å². The number of ether oxygens (including phenoxy) is 1. The van der Waals surface area contributed by atoms with Crippen LogP contribution in [0.3, 0.4) is 0 Å². The Morgan fingerprint density at radius 2 is 2.15 bits per heavy atom. The van der Waals surface area contributed by atoms with E-state index in [1.165, 1.54) is 36.1 Å². The molecule has 1 saturated carbocycles. The molecule has 0 aromatic heterocycles. The minimum absolute atomic E-state index is 0.417. The number of benzene rings is 1. The first-order valence-corrected chi connectivity index (χ1v) is 8.05. The van der Waals surface area contributed by atoms with Crippen LogP contribution in [0.5, 0.6) is 5.75 Å².